The molecule has 4 fully saturated rings. The van der Waals surface area contributed by atoms with Crippen LogP contribution in [0.15, 0.2) is 30.4 Å². The number of amides is 5. The second-order valence-corrected chi connectivity index (χ2v) is 19.8. The molecule has 16 nitrogen and oxygen atoms in total. The molecule has 5 atom stereocenters. The van der Waals surface area contributed by atoms with Crippen LogP contribution < -0.4 is 29.6 Å². The Balaban J connectivity index is 1.21. The molecule has 2 saturated heterocycles. The van der Waals surface area contributed by atoms with Crippen LogP contribution >= 0.6 is 0 Å². The number of hydrogen-bond donors (Lipinski definition) is 3. The minimum atomic E-state index is -4.00. The highest BCUT2D eigenvalue weighted by Gasteiger charge is 2.63. The van der Waals surface area contributed by atoms with Crippen LogP contribution in [0.25, 0.3) is 10.9 Å². The first kappa shape index (κ1) is 42.5. The molecule has 0 spiro atoms. The molecule has 4 heterocycles. The quantitative estimate of drug-likeness (QED) is 0.294. The number of aromatic nitrogens is 1. The first-order valence-electron chi connectivity index (χ1n) is 20.7. The lowest BCUT2D eigenvalue weighted by Gasteiger charge is -2.47. The van der Waals surface area contributed by atoms with E-state index in [9.17, 15) is 27.6 Å². The molecule has 2 aliphatic carbocycles. The molecule has 322 valence electrons. The van der Waals surface area contributed by atoms with E-state index in [1.165, 1.54) is 4.90 Å². The van der Waals surface area contributed by atoms with E-state index >= 15 is 0 Å². The number of sulfonamides is 1. The molecule has 0 radical (unpaired) electrons. The maximum Gasteiger partial charge on any atom is 0.318 e. The number of aryl methyl sites for hydroxylation is 1. The van der Waals surface area contributed by atoms with Crippen molar-refractivity contribution >= 4 is 44.7 Å². The van der Waals surface area contributed by atoms with Gasteiger partial charge in [0.15, 0.2) is 0 Å². The molecule has 5 aliphatic rings. The minimum absolute atomic E-state index is 0.0106. The third-order valence-corrected chi connectivity index (χ3v) is 14.8. The standard InChI is InChI=1S/C42H58N6O10S/c1-25(2)57-34-20-33(29-15-16-32(55-6)26(3)35(29)44-34)58-28-19-31-36(49)45-42(38(51)46-59(53,54)41(5)17-18-41)21-27(42)13-11-9-8-10-12-14-30(37(50)48(31)22-28)43-39(52)47-23-40(4,24-47)56-7/h11,13,15-16,20,25,27-28,30-31H,8-10,12,14,17-19,21-24H2,1-7H3,(H,43,52)(H,45,49)(H,46,51)/t27-,28-,30+,31+,42-/m1/s1. The molecular formula is C42H58N6O10S. The Labute approximate surface area is 346 Å². The summed E-state index contributed by atoms with van der Waals surface area (Å²) in [6, 6.07) is 2.87. The van der Waals surface area contributed by atoms with Gasteiger partial charge in [0.2, 0.25) is 27.7 Å². The maximum atomic E-state index is 14.8. The van der Waals surface area contributed by atoms with Crippen LogP contribution in [0.1, 0.15) is 91.0 Å². The summed E-state index contributed by atoms with van der Waals surface area (Å²) in [4.78, 5) is 64.7. The Morgan fingerprint density at radius 2 is 1.80 bits per heavy atom. The largest absolute Gasteiger partial charge is 0.496 e. The van der Waals surface area contributed by atoms with E-state index in [4.69, 9.17) is 23.9 Å². The predicted molar refractivity (Wildman–Crippen MR) is 219 cm³/mol. The van der Waals surface area contributed by atoms with Gasteiger partial charge in [-0.25, -0.2) is 18.2 Å². The smallest absolute Gasteiger partial charge is 0.318 e. The number of urea groups is 1. The zero-order valence-corrected chi connectivity index (χ0v) is 35.9. The summed E-state index contributed by atoms with van der Waals surface area (Å²) in [5.74, 6) is -0.913. The topological polar surface area (TPSA) is 195 Å². The molecule has 2 aromatic rings. The number of fused-ring (bicyclic) bond motifs is 3. The number of nitrogens with zero attached hydrogens (tertiary/aromatic N) is 3. The van der Waals surface area contributed by atoms with Gasteiger partial charge in [-0.2, -0.15) is 0 Å². The van der Waals surface area contributed by atoms with Gasteiger partial charge in [0.05, 0.1) is 43.1 Å². The lowest BCUT2D eigenvalue weighted by atomic mass is 9.97. The van der Waals surface area contributed by atoms with Gasteiger partial charge in [-0.1, -0.05) is 25.0 Å². The van der Waals surface area contributed by atoms with Gasteiger partial charge < -0.3 is 39.4 Å². The van der Waals surface area contributed by atoms with Crippen molar-refractivity contribution in [3.05, 3.63) is 35.9 Å². The second-order valence-electron chi connectivity index (χ2n) is 17.6. The summed E-state index contributed by atoms with van der Waals surface area (Å²) in [6.07, 6.45) is 7.31. The zero-order valence-electron chi connectivity index (χ0n) is 35.1. The number of benzene rings is 1. The highest BCUT2D eigenvalue weighted by molar-refractivity contribution is 7.91. The highest BCUT2D eigenvalue weighted by Crippen LogP contribution is 2.48. The van der Waals surface area contributed by atoms with E-state index in [1.54, 1.807) is 32.1 Å². The second kappa shape index (κ2) is 16.1. The highest BCUT2D eigenvalue weighted by atomic mass is 32.2. The van der Waals surface area contributed by atoms with E-state index in [1.807, 2.05) is 52.0 Å². The number of pyridine rings is 1. The van der Waals surface area contributed by atoms with Crippen LogP contribution in [0.5, 0.6) is 17.4 Å². The molecule has 3 aliphatic heterocycles. The van der Waals surface area contributed by atoms with E-state index < -0.39 is 73.8 Å². The van der Waals surface area contributed by atoms with Crippen LogP contribution in [0, 0.1) is 12.8 Å². The van der Waals surface area contributed by atoms with Crippen LogP contribution in [-0.2, 0) is 29.1 Å². The summed E-state index contributed by atoms with van der Waals surface area (Å²) in [7, 11) is -0.826. The molecule has 0 unspecified atom stereocenters. The Morgan fingerprint density at radius 1 is 1.05 bits per heavy atom. The number of hydrogen-bond acceptors (Lipinski definition) is 11. The molecule has 17 heteroatoms. The normalized spacial score (nSPS) is 27.7. The van der Waals surface area contributed by atoms with Crippen molar-refractivity contribution in [3.8, 4) is 17.4 Å². The molecule has 3 N–H and O–H groups in total. The Hall–Kier alpha value is -4.64. The van der Waals surface area contributed by atoms with E-state index in [2.05, 4.69) is 15.4 Å². The number of allylic oxidation sites excluding steroid dienone is 1. The van der Waals surface area contributed by atoms with Crippen molar-refractivity contribution in [2.24, 2.45) is 5.92 Å². The Bertz CT molecular complexity index is 2130. The molecule has 1 aromatic heterocycles. The number of ether oxygens (including phenoxy) is 4. The molecule has 7 rings (SSSR count). The van der Waals surface area contributed by atoms with Crippen molar-refractivity contribution < 1.29 is 46.5 Å². The molecule has 2 saturated carbocycles. The van der Waals surface area contributed by atoms with Crippen LogP contribution in [0.4, 0.5) is 4.79 Å². The van der Waals surface area contributed by atoms with Gasteiger partial charge in [-0.05, 0) is 85.3 Å². The molecule has 1 aromatic carbocycles. The van der Waals surface area contributed by atoms with Gasteiger partial charge in [0.1, 0.15) is 40.8 Å². The van der Waals surface area contributed by atoms with Crippen molar-refractivity contribution in [1.82, 2.24) is 30.1 Å². The number of methoxy groups -OCH3 is 2. The number of nitrogens with one attached hydrogen (secondary N) is 3. The van der Waals surface area contributed by atoms with Gasteiger partial charge in [0.25, 0.3) is 5.91 Å². The van der Waals surface area contributed by atoms with Crippen molar-refractivity contribution in [2.45, 2.75) is 133 Å². The molecular weight excluding hydrogens is 781 g/mol. The third kappa shape index (κ3) is 8.54. The summed E-state index contributed by atoms with van der Waals surface area (Å²) in [6.45, 7) is 9.88. The number of rotatable bonds is 10. The first-order chi connectivity index (χ1) is 27.9. The zero-order chi connectivity index (χ0) is 42.5. The average molecular weight is 839 g/mol. The van der Waals surface area contributed by atoms with Gasteiger partial charge in [-0.15, -0.1) is 0 Å². The fraction of sp³-hybridized carbons (Fsp3) is 0.643. The van der Waals surface area contributed by atoms with Crippen molar-refractivity contribution in [2.75, 3.05) is 33.9 Å². The van der Waals surface area contributed by atoms with Gasteiger partial charge in [-0.3, -0.25) is 19.1 Å². The van der Waals surface area contributed by atoms with Crippen molar-refractivity contribution in [1.29, 1.82) is 0 Å². The van der Waals surface area contributed by atoms with Gasteiger partial charge >= 0.3 is 6.03 Å². The van der Waals surface area contributed by atoms with Crippen LogP contribution in [-0.4, -0.2) is 121 Å². The van der Waals surface area contributed by atoms with E-state index in [0.29, 0.717) is 73.5 Å². The summed E-state index contributed by atoms with van der Waals surface area (Å²) in [5.41, 5.74) is -0.620. The average Bonchev–Trinajstić information content (AvgIpc) is 4.05. The summed E-state index contributed by atoms with van der Waals surface area (Å²) >= 11 is 0. The molecule has 59 heavy (non-hydrogen) atoms. The molecule has 5 amide bonds. The van der Waals surface area contributed by atoms with Crippen LogP contribution in [0.2, 0.25) is 0 Å². The number of carbonyl (C=O) groups is 4. The van der Waals surface area contributed by atoms with E-state index in [-0.39, 0.29) is 25.5 Å². The van der Waals surface area contributed by atoms with Gasteiger partial charge in [0, 0.05) is 36.5 Å². The summed E-state index contributed by atoms with van der Waals surface area (Å²) < 4.78 is 51.5. The SMILES string of the molecule is COc1ccc2c(O[C@@H]3C[C@H]4C(=O)N[C@]5(C(=O)NS(=O)(=O)C6(C)CC6)C[C@H]5C=CCCCCC[C@H](NC(=O)N5CC(C)(OC)C5)C(=O)N4C3)cc(OC(C)C)nc2c1C. The van der Waals surface area contributed by atoms with Crippen LogP contribution in [0.3, 0.4) is 0 Å². The lowest BCUT2D eigenvalue weighted by Crippen LogP contribution is -2.66. The first-order valence-corrected chi connectivity index (χ1v) is 22.2. The number of carbonyl (C=O) groups excluding carboxylic acids is 4. The monoisotopic (exact) mass is 838 g/mol. The maximum absolute atomic E-state index is 14.8. The van der Waals surface area contributed by atoms with Crippen molar-refractivity contribution in [3.63, 3.8) is 0 Å². The molecule has 0 bridgehead atoms. The lowest BCUT2D eigenvalue weighted by molar-refractivity contribution is -0.141. The summed E-state index contributed by atoms with van der Waals surface area (Å²) in [5, 5.41) is 6.56. The third-order valence-electron chi connectivity index (χ3n) is 12.6. The number of likely N-dealkylation sites (tertiary alicyclic amines) is 1. The fourth-order valence-electron chi connectivity index (χ4n) is 8.38. The Kier molecular flexibility index (Phi) is 11.6. The fourth-order valence-corrected chi connectivity index (χ4v) is 9.69. The van der Waals surface area contributed by atoms with E-state index in [0.717, 1.165) is 18.4 Å². The Morgan fingerprint density at radius 3 is 2.47 bits per heavy atom. The predicted octanol–water partition coefficient (Wildman–Crippen LogP) is 3.88. The minimum Gasteiger partial charge on any atom is -0.496 e.